The highest BCUT2D eigenvalue weighted by Gasteiger charge is 2.49. The third-order valence-electron chi connectivity index (χ3n) is 9.66. The number of nitrogens with one attached hydrogen (secondary N) is 1. The highest BCUT2D eigenvalue weighted by Crippen LogP contribution is 2.43. The zero-order valence-corrected chi connectivity index (χ0v) is 24.1. The topological polar surface area (TPSA) is 75.6 Å². The number of alkyl halides is 1. The number of aromatic nitrogens is 3. The third kappa shape index (κ3) is 4.26. The Labute approximate surface area is 252 Å². The van der Waals surface area contributed by atoms with E-state index < -0.39 is 23.3 Å². The molecular formula is C33H31F3N6O2. The van der Waals surface area contributed by atoms with Crippen molar-refractivity contribution >= 4 is 27.5 Å². The van der Waals surface area contributed by atoms with Gasteiger partial charge in [-0.3, -0.25) is 4.90 Å². The van der Waals surface area contributed by atoms with Crippen molar-refractivity contribution in [2.45, 2.75) is 43.4 Å². The van der Waals surface area contributed by atoms with Crippen molar-refractivity contribution < 1.29 is 22.6 Å². The quantitative estimate of drug-likeness (QED) is 0.333. The summed E-state index contributed by atoms with van der Waals surface area (Å²) in [4.78, 5) is 18.4. The summed E-state index contributed by atoms with van der Waals surface area (Å²) in [6.45, 7) is 3.84. The minimum Gasteiger partial charge on any atom is -0.475 e. The van der Waals surface area contributed by atoms with Crippen LogP contribution < -0.4 is 19.7 Å². The summed E-state index contributed by atoms with van der Waals surface area (Å²) >= 11 is 0. The van der Waals surface area contributed by atoms with Crippen LogP contribution in [0.15, 0.2) is 30.3 Å². The van der Waals surface area contributed by atoms with Gasteiger partial charge in [0.2, 0.25) is 5.88 Å². The molecule has 6 heterocycles. The number of anilines is 1. The average molecular weight is 601 g/mol. The zero-order chi connectivity index (χ0) is 30.0. The van der Waals surface area contributed by atoms with E-state index in [4.69, 9.17) is 20.9 Å². The molecule has 4 aromatic rings. The molecule has 1 N–H and O–H groups in total. The maximum Gasteiger partial charge on any atom is 0.319 e. The molecule has 2 aromatic heterocycles. The fourth-order valence-electron chi connectivity index (χ4n) is 7.61. The number of hydrogen-bond donors (Lipinski definition) is 1. The molecule has 3 saturated heterocycles. The SMILES string of the molecule is C#Cc1c(F)ccc2cccc(-c3nc4c5c(nc(OC[C@@]67CCCN6C[C@H](F)C7)nc5c3F)N([C@H]3CCNC3)CCO4)c12. The van der Waals surface area contributed by atoms with Crippen molar-refractivity contribution in [2.24, 2.45) is 0 Å². The van der Waals surface area contributed by atoms with E-state index in [1.165, 1.54) is 6.07 Å². The molecule has 0 amide bonds. The van der Waals surface area contributed by atoms with Crippen molar-refractivity contribution in [3.05, 3.63) is 47.5 Å². The summed E-state index contributed by atoms with van der Waals surface area (Å²) in [6.07, 6.45) is 7.88. The van der Waals surface area contributed by atoms with E-state index in [0.29, 0.717) is 53.7 Å². The molecule has 3 fully saturated rings. The number of fused-ring (bicyclic) bond motifs is 2. The molecule has 0 unspecified atom stereocenters. The molecule has 44 heavy (non-hydrogen) atoms. The Morgan fingerprint density at radius 2 is 2.05 bits per heavy atom. The van der Waals surface area contributed by atoms with Crippen LogP contribution in [0.2, 0.25) is 0 Å². The maximum atomic E-state index is 16.9. The van der Waals surface area contributed by atoms with Crippen LogP contribution in [-0.4, -0.2) is 83.5 Å². The maximum absolute atomic E-state index is 16.9. The molecular weight excluding hydrogens is 569 g/mol. The molecule has 0 saturated carbocycles. The lowest BCUT2D eigenvalue weighted by Crippen LogP contribution is -2.43. The summed E-state index contributed by atoms with van der Waals surface area (Å²) in [5.41, 5.74) is -0.118. The van der Waals surface area contributed by atoms with Gasteiger partial charge in [-0.1, -0.05) is 30.2 Å². The molecule has 8 nitrogen and oxygen atoms in total. The summed E-state index contributed by atoms with van der Waals surface area (Å²) in [7, 11) is 0. The van der Waals surface area contributed by atoms with Gasteiger partial charge in [0.15, 0.2) is 5.82 Å². The van der Waals surface area contributed by atoms with Crippen molar-refractivity contribution in [1.29, 1.82) is 0 Å². The number of ether oxygens (including phenoxy) is 2. The lowest BCUT2D eigenvalue weighted by Gasteiger charge is -2.31. The van der Waals surface area contributed by atoms with Crippen LogP contribution in [0.1, 0.15) is 31.2 Å². The normalized spacial score (nSPS) is 24.8. The van der Waals surface area contributed by atoms with E-state index in [1.807, 2.05) is 0 Å². The first-order valence-electron chi connectivity index (χ1n) is 15.2. The Kier molecular flexibility index (Phi) is 6.54. The second-order valence-corrected chi connectivity index (χ2v) is 12.2. The minimum absolute atomic E-state index is 0.00547. The van der Waals surface area contributed by atoms with Gasteiger partial charge in [-0.15, -0.1) is 6.42 Å². The Balaban J connectivity index is 1.31. The highest BCUT2D eigenvalue weighted by molar-refractivity contribution is 6.03. The summed E-state index contributed by atoms with van der Waals surface area (Å²) in [5, 5.41) is 4.79. The summed E-state index contributed by atoms with van der Waals surface area (Å²) in [5.74, 6) is 1.83. The van der Waals surface area contributed by atoms with Crippen LogP contribution in [0.3, 0.4) is 0 Å². The first-order chi connectivity index (χ1) is 21.5. The smallest absolute Gasteiger partial charge is 0.319 e. The van der Waals surface area contributed by atoms with E-state index in [2.05, 4.69) is 31.0 Å². The lowest BCUT2D eigenvalue weighted by molar-refractivity contribution is 0.107. The largest absolute Gasteiger partial charge is 0.475 e. The zero-order valence-electron chi connectivity index (χ0n) is 24.1. The van der Waals surface area contributed by atoms with Crippen molar-refractivity contribution in [3.63, 3.8) is 0 Å². The standard InChI is InChI=1S/C33H31F3N6O2/c1-2-22-24(35)8-7-19-5-3-6-23(25(19)22)28-27(36)29-26-30(42(21-9-11-37-16-21)13-14-43-31(26)38-28)40-32(39-29)44-18-33-10-4-12-41(33)17-20(34)15-33/h1,3,5-8,20-21,37H,4,9-18H2/t20-,21+,33+/m1/s1. The molecule has 4 aliphatic heterocycles. The van der Waals surface area contributed by atoms with Crippen molar-refractivity contribution in [2.75, 3.05) is 50.8 Å². The first kappa shape index (κ1) is 27.4. The van der Waals surface area contributed by atoms with Gasteiger partial charge >= 0.3 is 6.01 Å². The Morgan fingerprint density at radius 1 is 1.14 bits per heavy atom. The van der Waals surface area contributed by atoms with Crippen LogP contribution in [0.5, 0.6) is 11.9 Å². The van der Waals surface area contributed by atoms with Crippen LogP contribution >= 0.6 is 0 Å². The molecule has 0 radical (unpaired) electrons. The molecule has 0 bridgehead atoms. The molecule has 11 heteroatoms. The Hall–Kier alpha value is -4.14. The number of pyridine rings is 1. The second-order valence-electron chi connectivity index (χ2n) is 12.2. The molecule has 0 aliphatic carbocycles. The van der Waals surface area contributed by atoms with Crippen LogP contribution in [-0.2, 0) is 0 Å². The number of nitrogens with zero attached hydrogens (tertiary/aromatic N) is 5. The number of terminal acetylenes is 1. The van der Waals surface area contributed by atoms with Gasteiger partial charge in [-0.05, 0) is 43.8 Å². The van der Waals surface area contributed by atoms with Crippen molar-refractivity contribution in [3.8, 4) is 35.5 Å². The van der Waals surface area contributed by atoms with E-state index in [1.54, 1.807) is 24.3 Å². The predicted molar refractivity (Wildman–Crippen MR) is 161 cm³/mol. The van der Waals surface area contributed by atoms with Gasteiger partial charge in [0, 0.05) is 36.5 Å². The highest BCUT2D eigenvalue weighted by atomic mass is 19.1. The van der Waals surface area contributed by atoms with Gasteiger partial charge in [0.05, 0.1) is 17.6 Å². The van der Waals surface area contributed by atoms with E-state index in [-0.39, 0.29) is 41.3 Å². The predicted octanol–water partition coefficient (Wildman–Crippen LogP) is 4.62. The summed E-state index contributed by atoms with van der Waals surface area (Å²) < 4.78 is 58.6. The van der Waals surface area contributed by atoms with Gasteiger partial charge < -0.3 is 19.7 Å². The molecule has 0 spiro atoms. The molecule has 2 aromatic carbocycles. The van der Waals surface area contributed by atoms with E-state index in [9.17, 15) is 8.78 Å². The Morgan fingerprint density at radius 3 is 2.89 bits per heavy atom. The molecule has 8 rings (SSSR count). The molecule has 4 aliphatic rings. The van der Waals surface area contributed by atoms with Crippen LogP contribution in [0, 0.1) is 24.0 Å². The third-order valence-corrected chi connectivity index (χ3v) is 9.66. The first-order valence-corrected chi connectivity index (χ1v) is 15.2. The number of hydrogen-bond acceptors (Lipinski definition) is 8. The second kappa shape index (κ2) is 10.5. The minimum atomic E-state index is -0.907. The summed E-state index contributed by atoms with van der Waals surface area (Å²) in [6, 6.07) is 8.25. The van der Waals surface area contributed by atoms with Crippen molar-refractivity contribution in [1.82, 2.24) is 25.2 Å². The number of rotatable bonds is 5. The van der Waals surface area contributed by atoms with Crippen LogP contribution in [0.4, 0.5) is 19.0 Å². The Bertz CT molecular complexity index is 1840. The van der Waals surface area contributed by atoms with Gasteiger partial charge in [-0.2, -0.15) is 9.97 Å². The fourth-order valence-corrected chi connectivity index (χ4v) is 7.61. The van der Waals surface area contributed by atoms with E-state index in [0.717, 1.165) is 38.9 Å². The fraction of sp³-hybridized carbons (Fsp3) is 0.424. The van der Waals surface area contributed by atoms with E-state index >= 15 is 4.39 Å². The molecule has 226 valence electrons. The number of halogens is 3. The van der Waals surface area contributed by atoms with Gasteiger partial charge in [-0.25, -0.2) is 18.2 Å². The average Bonchev–Trinajstić information content (AvgIpc) is 3.73. The molecule has 3 atom stereocenters. The van der Waals surface area contributed by atoms with Gasteiger partial charge in [0.1, 0.15) is 47.6 Å². The lowest BCUT2D eigenvalue weighted by atomic mass is 9.95. The number of benzene rings is 2. The monoisotopic (exact) mass is 600 g/mol. The van der Waals surface area contributed by atoms with Gasteiger partial charge in [0.25, 0.3) is 0 Å². The van der Waals surface area contributed by atoms with Crippen LogP contribution in [0.25, 0.3) is 32.9 Å².